The average molecular weight is 160 g/mol. The van der Waals surface area contributed by atoms with Crippen molar-refractivity contribution in [1.29, 1.82) is 0 Å². The minimum absolute atomic E-state index is 1.000. The smallest absolute Gasteiger partial charge is 0.0995 e. The number of imidazole rings is 1. The molecule has 0 aliphatic rings. The van der Waals surface area contributed by atoms with Gasteiger partial charge in [0.15, 0.2) is 0 Å². The number of aryl methyl sites for hydroxylation is 2. The molecule has 2 aromatic rings. The first-order valence-electron chi connectivity index (χ1n) is 4.23. The van der Waals surface area contributed by atoms with E-state index in [2.05, 4.69) is 41.6 Å². The van der Waals surface area contributed by atoms with E-state index < -0.39 is 0 Å². The molecule has 0 unspecified atom stereocenters. The van der Waals surface area contributed by atoms with Crippen molar-refractivity contribution in [1.82, 2.24) is 9.38 Å². The lowest BCUT2D eigenvalue weighted by Crippen LogP contribution is -1.85. The Morgan fingerprint density at radius 1 is 1.42 bits per heavy atom. The molecule has 0 saturated carbocycles. The Bertz CT molecular complexity index is 401. The molecule has 2 nitrogen and oxygen atoms in total. The van der Waals surface area contributed by atoms with Gasteiger partial charge in [-0.25, -0.2) is 4.98 Å². The number of hydrogen-bond acceptors (Lipinski definition) is 1. The van der Waals surface area contributed by atoms with Crippen LogP contribution < -0.4 is 0 Å². The van der Waals surface area contributed by atoms with E-state index in [1.807, 2.05) is 6.33 Å². The number of hydrogen-bond donors (Lipinski definition) is 0. The summed E-state index contributed by atoms with van der Waals surface area (Å²) in [5.41, 5.74) is 3.67. The monoisotopic (exact) mass is 160 g/mol. The van der Waals surface area contributed by atoms with Crippen LogP contribution in [0.5, 0.6) is 0 Å². The maximum atomic E-state index is 4.32. The molecule has 2 aromatic heterocycles. The van der Waals surface area contributed by atoms with Crippen LogP contribution in [0.2, 0.25) is 0 Å². The topological polar surface area (TPSA) is 17.3 Å². The third-order valence-electron chi connectivity index (χ3n) is 2.09. The zero-order chi connectivity index (χ0) is 8.55. The molecule has 0 fully saturated rings. The summed E-state index contributed by atoms with van der Waals surface area (Å²) in [5, 5.41) is 0. The Morgan fingerprint density at radius 2 is 2.25 bits per heavy atom. The van der Waals surface area contributed by atoms with E-state index in [9.17, 15) is 0 Å². The predicted molar refractivity (Wildman–Crippen MR) is 49.3 cm³/mol. The van der Waals surface area contributed by atoms with Gasteiger partial charge in [0.25, 0.3) is 0 Å². The second kappa shape index (κ2) is 2.63. The maximum absolute atomic E-state index is 4.32. The van der Waals surface area contributed by atoms with Gasteiger partial charge in [0.2, 0.25) is 0 Å². The summed E-state index contributed by atoms with van der Waals surface area (Å²) < 4.78 is 2.08. The van der Waals surface area contributed by atoms with E-state index in [0.29, 0.717) is 0 Å². The fraction of sp³-hybridized carbons (Fsp3) is 0.300. The molecule has 0 bridgehead atoms. The van der Waals surface area contributed by atoms with Crippen LogP contribution in [0.15, 0.2) is 24.7 Å². The van der Waals surface area contributed by atoms with Crippen molar-refractivity contribution in [3.63, 3.8) is 0 Å². The molecular weight excluding hydrogens is 148 g/mol. The molecule has 2 rings (SSSR count). The summed E-state index contributed by atoms with van der Waals surface area (Å²) in [5.74, 6) is 0. The lowest BCUT2D eigenvalue weighted by molar-refractivity contribution is 1.07. The Labute approximate surface area is 71.9 Å². The Balaban J connectivity index is 2.73. The van der Waals surface area contributed by atoms with E-state index in [4.69, 9.17) is 0 Å². The molecule has 12 heavy (non-hydrogen) atoms. The first-order chi connectivity index (χ1) is 5.81. The zero-order valence-corrected chi connectivity index (χ0v) is 7.41. The van der Waals surface area contributed by atoms with Gasteiger partial charge >= 0.3 is 0 Å². The number of pyridine rings is 1. The van der Waals surface area contributed by atoms with Gasteiger partial charge in [-0.1, -0.05) is 13.0 Å². The molecule has 62 valence electrons. The fourth-order valence-electron chi connectivity index (χ4n) is 1.44. The van der Waals surface area contributed by atoms with Gasteiger partial charge in [-0.15, -0.1) is 0 Å². The summed E-state index contributed by atoms with van der Waals surface area (Å²) in [6.45, 7) is 4.22. The van der Waals surface area contributed by atoms with Gasteiger partial charge in [0.1, 0.15) is 0 Å². The molecule has 0 atom stereocenters. The second-order valence-electron chi connectivity index (χ2n) is 3.04. The molecular formula is C10H12N2. The predicted octanol–water partition coefficient (Wildman–Crippen LogP) is 2.21. The maximum Gasteiger partial charge on any atom is 0.0995 e. The first kappa shape index (κ1) is 7.35. The van der Waals surface area contributed by atoms with Crippen molar-refractivity contribution >= 4 is 5.52 Å². The van der Waals surface area contributed by atoms with E-state index in [1.165, 1.54) is 16.8 Å². The second-order valence-corrected chi connectivity index (χ2v) is 3.04. The largest absolute Gasteiger partial charge is 0.306 e. The van der Waals surface area contributed by atoms with E-state index in [0.717, 1.165) is 6.42 Å². The van der Waals surface area contributed by atoms with Crippen LogP contribution in [0.1, 0.15) is 18.2 Å². The molecule has 0 aliphatic heterocycles. The summed E-state index contributed by atoms with van der Waals surface area (Å²) in [6.07, 6.45) is 4.97. The van der Waals surface area contributed by atoms with Gasteiger partial charge in [-0.2, -0.15) is 0 Å². The molecule has 0 saturated heterocycles. The number of aromatic nitrogens is 2. The Hall–Kier alpha value is -1.31. The molecule has 0 aromatic carbocycles. The van der Waals surface area contributed by atoms with Gasteiger partial charge < -0.3 is 4.40 Å². The fourth-order valence-corrected chi connectivity index (χ4v) is 1.44. The van der Waals surface area contributed by atoms with Crippen LogP contribution in [0.3, 0.4) is 0 Å². The van der Waals surface area contributed by atoms with Crippen molar-refractivity contribution in [2.24, 2.45) is 0 Å². The average Bonchev–Trinajstić information content (AvgIpc) is 2.46. The molecule has 2 heteroatoms. The normalized spacial score (nSPS) is 10.8. The highest BCUT2D eigenvalue weighted by Crippen LogP contribution is 2.10. The van der Waals surface area contributed by atoms with Crippen LogP contribution in [0.4, 0.5) is 0 Å². The highest BCUT2D eigenvalue weighted by atomic mass is 15.0. The van der Waals surface area contributed by atoms with Crippen molar-refractivity contribution in [3.05, 3.63) is 35.9 Å². The summed E-state index contributed by atoms with van der Waals surface area (Å²) in [4.78, 5) is 4.32. The van der Waals surface area contributed by atoms with Crippen molar-refractivity contribution in [2.45, 2.75) is 20.3 Å². The molecule has 2 heterocycles. The van der Waals surface area contributed by atoms with Gasteiger partial charge in [-0.3, -0.25) is 0 Å². The van der Waals surface area contributed by atoms with Gasteiger partial charge in [0, 0.05) is 6.20 Å². The molecule has 0 radical (unpaired) electrons. The minimum Gasteiger partial charge on any atom is -0.306 e. The van der Waals surface area contributed by atoms with Crippen LogP contribution in [-0.2, 0) is 6.42 Å². The standard InChI is InChI=1S/C10H12N2/c1-3-9-10-5-4-8(2)6-12(10)7-11-9/h4-7H,3H2,1-2H3. The summed E-state index contributed by atoms with van der Waals surface area (Å²) >= 11 is 0. The third-order valence-corrected chi connectivity index (χ3v) is 2.09. The summed E-state index contributed by atoms with van der Waals surface area (Å²) in [7, 11) is 0. The van der Waals surface area contributed by atoms with E-state index in [1.54, 1.807) is 0 Å². The van der Waals surface area contributed by atoms with Gasteiger partial charge in [0.05, 0.1) is 17.5 Å². The highest BCUT2D eigenvalue weighted by molar-refractivity contribution is 5.52. The summed E-state index contributed by atoms with van der Waals surface area (Å²) in [6, 6.07) is 4.25. The van der Waals surface area contributed by atoms with Crippen molar-refractivity contribution in [3.8, 4) is 0 Å². The molecule has 0 N–H and O–H groups in total. The van der Waals surface area contributed by atoms with Crippen LogP contribution in [0.25, 0.3) is 5.52 Å². The molecule has 0 amide bonds. The van der Waals surface area contributed by atoms with Crippen LogP contribution >= 0.6 is 0 Å². The molecule has 0 spiro atoms. The van der Waals surface area contributed by atoms with Crippen LogP contribution in [-0.4, -0.2) is 9.38 Å². The van der Waals surface area contributed by atoms with E-state index in [-0.39, 0.29) is 0 Å². The highest BCUT2D eigenvalue weighted by Gasteiger charge is 2.00. The van der Waals surface area contributed by atoms with Gasteiger partial charge in [-0.05, 0) is 25.0 Å². The quantitative estimate of drug-likeness (QED) is 0.625. The first-order valence-corrected chi connectivity index (χ1v) is 4.23. The van der Waals surface area contributed by atoms with Crippen molar-refractivity contribution in [2.75, 3.05) is 0 Å². The minimum atomic E-state index is 1.000. The lowest BCUT2D eigenvalue weighted by atomic mass is 10.2. The van der Waals surface area contributed by atoms with Crippen molar-refractivity contribution < 1.29 is 0 Å². The van der Waals surface area contributed by atoms with Crippen LogP contribution in [0, 0.1) is 6.92 Å². The Morgan fingerprint density at radius 3 is 3.00 bits per heavy atom. The molecule has 0 aliphatic carbocycles. The third kappa shape index (κ3) is 0.998. The number of rotatable bonds is 1. The van der Waals surface area contributed by atoms with E-state index >= 15 is 0 Å². The number of nitrogens with zero attached hydrogens (tertiary/aromatic N) is 2. The SMILES string of the molecule is CCc1ncn2cc(C)ccc12. The Kier molecular flexibility index (Phi) is 1.61. The lowest BCUT2D eigenvalue weighted by Gasteiger charge is -1.96. The number of fused-ring (bicyclic) bond motifs is 1. The zero-order valence-electron chi connectivity index (χ0n) is 7.41.